The standard InChI is InChI=1S/C12H23N3O3/c1-3-13-12(18)15-11(17)8(2)14-10-6-4-5-9(10)7-16/h8-10,14,16H,3-7H2,1-2H3,(H2,13,15,17,18). The van der Waals surface area contributed by atoms with Gasteiger partial charge in [-0.3, -0.25) is 10.1 Å². The van der Waals surface area contributed by atoms with Crippen molar-refractivity contribution in [1.82, 2.24) is 16.0 Å². The van der Waals surface area contributed by atoms with Gasteiger partial charge in [-0.15, -0.1) is 0 Å². The van der Waals surface area contributed by atoms with Crippen LogP contribution in [0.15, 0.2) is 0 Å². The van der Waals surface area contributed by atoms with Crippen molar-refractivity contribution in [3.05, 3.63) is 0 Å². The summed E-state index contributed by atoms with van der Waals surface area (Å²) in [6.45, 7) is 4.13. The second-order valence-corrected chi connectivity index (χ2v) is 4.72. The van der Waals surface area contributed by atoms with E-state index in [9.17, 15) is 14.7 Å². The lowest BCUT2D eigenvalue weighted by Crippen LogP contribution is -2.51. The monoisotopic (exact) mass is 257 g/mol. The van der Waals surface area contributed by atoms with Gasteiger partial charge >= 0.3 is 6.03 Å². The van der Waals surface area contributed by atoms with Crippen molar-refractivity contribution in [3.63, 3.8) is 0 Å². The molecular weight excluding hydrogens is 234 g/mol. The molecule has 18 heavy (non-hydrogen) atoms. The van der Waals surface area contributed by atoms with Crippen LogP contribution in [-0.2, 0) is 4.79 Å². The SMILES string of the molecule is CCNC(=O)NC(=O)C(C)NC1CCCC1CO. The molecule has 1 aliphatic rings. The molecule has 0 radical (unpaired) electrons. The minimum atomic E-state index is -0.471. The zero-order chi connectivity index (χ0) is 13.5. The normalized spacial score (nSPS) is 24.6. The van der Waals surface area contributed by atoms with Crippen LogP contribution in [-0.4, -0.2) is 42.3 Å². The van der Waals surface area contributed by atoms with Gasteiger partial charge in [-0.1, -0.05) is 6.42 Å². The van der Waals surface area contributed by atoms with Gasteiger partial charge in [0.05, 0.1) is 6.04 Å². The Morgan fingerprint density at radius 2 is 2.11 bits per heavy atom. The number of aliphatic hydroxyl groups excluding tert-OH is 1. The Morgan fingerprint density at radius 3 is 2.72 bits per heavy atom. The van der Waals surface area contributed by atoms with Crippen molar-refractivity contribution in [1.29, 1.82) is 0 Å². The molecule has 3 unspecified atom stereocenters. The fraction of sp³-hybridized carbons (Fsp3) is 0.833. The number of urea groups is 1. The van der Waals surface area contributed by atoms with E-state index >= 15 is 0 Å². The first-order valence-corrected chi connectivity index (χ1v) is 6.54. The molecule has 104 valence electrons. The summed E-state index contributed by atoms with van der Waals surface area (Å²) in [6.07, 6.45) is 3.01. The molecule has 6 nitrogen and oxygen atoms in total. The van der Waals surface area contributed by atoms with Crippen molar-refractivity contribution < 1.29 is 14.7 Å². The van der Waals surface area contributed by atoms with Crippen LogP contribution < -0.4 is 16.0 Å². The highest BCUT2D eigenvalue weighted by molar-refractivity contribution is 5.96. The maximum Gasteiger partial charge on any atom is 0.321 e. The maximum atomic E-state index is 11.7. The molecule has 0 aromatic heterocycles. The molecule has 1 rings (SSSR count). The molecule has 1 saturated carbocycles. The van der Waals surface area contributed by atoms with Crippen molar-refractivity contribution >= 4 is 11.9 Å². The van der Waals surface area contributed by atoms with E-state index in [-0.39, 0.29) is 24.5 Å². The number of imide groups is 1. The second kappa shape index (κ2) is 7.33. The highest BCUT2D eigenvalue weighted by atomic mass is 16.3. The smallest absolute Gasteiger partial charge is 0.321 e. The quantitative estimate of drug-likeness (QED) is 0.557. The fourth-order valence-electron chi connectivity index (χ4n) is 2.30. The fourth-order valence-corrected chi connectivity index (χ4v) is 2.30. The largest absolute Gasteiger partial charge is 0.396 e. The summed E-state index contributed by atoms with van der Waals surface area (Å²) in [5.74, 6) is -0.130. The van der Waals surface area contributed by atoms with Gasteiger partial charge in [-0.2, -0.15) is 0 Å². The van der Waals surface area contributed by atoms with E-state index in [4.69, 9.17) is 0 Å². The maximum absolute atomic E-state index is 11.7. The lowest BCUT2D eigenvalue weighted by molar-refractivity contribution is -0.121. The summed E-state index contributed by atoms with van der Waals surface area (Å²) in [6, 6.07) is -0.754. The molecular formula is C12H23N3O3. The van der Waals surface area contributed by atoms with Gasteiger partial charge in [0.1, 0.15) is 0 Å². The van der Waals surface area contributed by atoms with Crippen LogP contribution in [0.5, 0.6) is 0 Å². The van der Waals surface area contributed by atoms with Crippen LogP contribution in [0.3, 0.4) is 0 Å². The molecule has 1 aliphatic carbocycles. The number of nitrogens with one attached hydrogen (secondary N) is 3. The molecule has 0 bridgehead atoms. The van der Waals surface area contributed by atoms with Crippen LogP contribution in [0.2, 0.25) is 0 Å². The van der Waals surface area contributed by atoms with E-state index in [2.05, 4.69) is 16.0 Å². The zero-order valence-electron chi connectivity index (χ0n) is 11.0. The summed E-state index contributed by atoms with van der Waals surface area (Å²) < 4.78 is 0. The molecule has 1 fully saturated rings. The van der Waals surface area contributed by atoms with Crippen molar-refractivity contribution in [2.24, 2.45) is 5.92 Å². The minimum absolute atomic E-state index is 0.141. The molecule has 3 amide bonds. The number of hydrogen-bond donors (Lipinski definition) is 4. The molecule has 6 heteroatoms. The number of hydrogen-bond acceptors (Lipinski definition) is 4. The van der Waals surface area contributed by atoms with Crippen LogP contribution in [0.4, 0.5) is 4.79 Å². The van der Waals surface area contributed by atoms with Gasteiger partial charge < -0.3 is 15.7 Å². The molecule has 0 aliphatic heterocycles. The number of carbonyl (C=O) groups is 2. The van der Waals surface area contributed by atoms with Crippen LogP contribution in [0.1, 0.15) is 33.1 Å². The highest BCUT2D eigenvalue weighted by Crippen LogP contribution is 2.25. The summed E-state index contributed by atoms with van der Waals surface area (Å²) in [5, 5.41) is 17.2. The lowest BCUT2D eigenvalue weighted by atomic mass is 10.0. The Labute approximate surface area is 108 Å². The molecule has 0 spiro atoms. The first-order valence-electron chi connectivity index (χ1n) is 6.54. The van der Waals surface area contributed by atoms with Gasteiger partial charge in [0.15, 0.2) is 0 Å². The van der Waals surface area contributed by atoms with Gasteiger partial charge in [0, 0.05) is 19.2 Å². The van der Waals surface area contributed by atoms with Gasteiger partial charge in [0.25, 0.3) is 0 Å². The van der Waals surface area contributed by atoms with Crippen LogP contribution in [0.25, 0.3) is 0 Å². The molecule has 0 heterocycles. The third kappa shape index (κ3) is 4.27. The average Bonchev–Trinajstić information content (AvgIpc) is 2.76. The molecule has 0 saturated heterocycles. The number of aliphatic hydroxyl groups is 1. The molecule has 0 aromatic carbocycles. The third-order valence-corrected chi connectivity index (χ3v) is 3.33. The lowest BCUT2D eigenvalue weighted by Gasteiger charge is -2.23. The van der Waals surface area contributed by atoms with Crippen molar-refractivity contribution in [2.45, 2.75) is 45.2 Å². The average molecular weight is 257 g/mol. The highest BCUT2D eigenvalue weighted by Gasteiger charge is 2.29. The molecule has 3 atom stereocenters. The Balaban J connectivity index is 2.37. The van der Waals surface area contributed by atoms with E-state index in [1.54, 1.807) is 13.8 Å². The topological polar surface area (TPSA) is 90.5 Å². The van der Waals surface area contributed by atoms with E-state index in [0.717, 1.165) is 19.3 Å². The van der Waals surface area contributed by atoms with Gasteiger partial charge in [0.2, 0.25) is 5.91 Å². The second-order valence-electron chi connectivity index (χ2n) is 4.72. The summed E-state index contributed by atoms with van der Waals surface area (Å²) in [7, 11) is 0. The summed E-state index contributed by atoms with van der Waals surface area (Å²) >= 11 is 0. The number of amides is 3. The van der Waals surface area contributed by atoms with Crippen LogP contribution >= 0.6 is 0 Å². The Hall–Kier alpha value is -1.14. The number of carbonyl (C=O) groups excluding carboxylic acids is 2. The summed E-state index contributed by atoms with van der Waals surface area (Å²) in [4.78, 5) is 22.9. The minimum Gasteiger partial charge on any atom is -0.396 e. The third-order valence-electron chi connectivity index (χ3n) is 3.33. The Kier molecular flexibility index (Phi) is 6.07. The first kappa shape index (κ1) is 14.9. The van der Waals surface area contributed by atoms with E-state index in [1.807, 2.05) is 0 Å². The van der Waals surface area contributed by atoms with E-state index in [1.165, 1.54) is 0 Å². The van der Waals surface area contributed by atoms with Crippen molar-refractivity contribution in [3.8, 4) is 0 Å². The van der Waals surface area contributed by atoms with Gasteiger partial charge in [-0.25, -0.2) is 4.79 Å². The zero-order valence-corrected chi connectivity index (χ0v) is 11.0. The molecule has 0 aromatic rings. The Morgan fingerprint density at radius 1 is 1.39 bits per heavy atom. The molecule has 4 N–H and O–H groups in total. The van der Waals surface area contributed by atoms with Gasteiger partial charge in [-0.05, 0) is 32.6 Å². The van der Waals surface area contributed by atoms with E-state index < -0.39 is 12.1 Å². The van der Waals surface area contributed by atoms with E-state index in [0.29, 0.717) is 6.54 Å². The van der Waals surface area contributed by atoms with Crippen molar-refractivity contribution in [2.75, 3.05) is 13.2 Å². The van der Waals surface area contributed by atoms with Crippen LogP contribution in [0, 0.1) is 5.92 Å². The summed E-state index contributed by atoms with van der Waals surface area (Å²) in [5.41, 5.74) is 0. The first-order chi connectivity index (χ1) is 8.58. The number of rotatable bonds is 5. The predicted octanol–water partition coefficient (Wildman–Crippen LogP) is -0.0288. The Bertz CT molecular complexity index is 296. The predicted molar refractivity (Wildman–Crippen MR) is 68.0 cm³/mol.